The first-order valence-corrected chi connectivity index (χ1v) is 6.60. The quantitative estimate of drug-likeness (QED) is 0.748. The second-order valence-electron chi connectivity index (χ2n) is 4.29. The van der Waals surface area contributed by atoms with Gasteiger partial charge in [0.05, 0.1) is 17.3 Å². The van der Waals surface area contributed by atoms with Gasteiger partial charge in [-0.1, -0.05) is 0 Å². The molecule has 4 N–H and O–H groups in total. The number of aromatic carboxylic acids is 1. The first kappa shape index (κ1) is 13.4. The minimum Gasteiger partial charge on any atom is -0.478 e. The number of nitrogens with zero attached hydrogens (tertiary/aromatic N) is 1. The number of carboxylic acid groups (broad SMARTS) is 1. The maximum Gasteiger partial charge on any atom is 0.337 e. The Morgan fingerprint density at radius 2 is 2.26 bits per heavy atom. The van der Waals surface area contributed by atoms with Crippen LogP contribution in [0.3, 0.4) is 0 Å². The summed E-state index contributed by atoms with van der Waals surface area (Å²) in [5.41, 5.74) is 6.93. The van der Waals surface area contributed by atoms with Crippen molar-refractivity contribution in [2.75, 3.05) is 11.1 Å². The van der Waals surface area contributed by atoms with Crippen LogP contribution < -0.4 is 11.1 Å². The highest BCUT2D eigenvalue weighted by atomic mass is 32.1. The number of thiazole rings is 1. The van der Waals surface area contributed by atoms with Crippen molar-refractivity contribution < 1.29 is 9.90 Å². The molecule has 0 bridgehead atoms. The van der Waals surface area contributed by atoms with E-state index < -0.39 is 5.97 Å². The van der Waals surface area contributed by atoms with Gasteiger partial charge >= 0.3 is 5.97 Å². The molecular weight excluding hydrogens is 262 g/mol. The Bertz CT molecular complexity index is 610. The molecule has 1 unspecified atom stereocenters. The molecule has 2 aromatic rings. The lowest BCUT2D eigenvalue weighted by Gasteiger charge is -2.15. The number of carbonyl (C=O) groups is 1. The van der Waals surface area contributed by atoms with E-state index in [-0.39, 0.29) is 11.6 Å². The zero-order valence-corrected chi connectivity index (χ0v) is 11.5. The number of aromatic nitrogens is 1. The summed E-state index contributed by atoms with van der Waals surface area (Å²) < 4.78 is 0. The van der Waals surface area contributed by atoms with Crippen LogP contribution in [-0.2, 0) is 0 Å². The second-order valence-corrected chi connectivity index (χ2v) is 5.55. The zero-order chi connectivity index (χ0) is 14.0. The van der Waals surface area contributed by atoms with E-state index in [0.717, 1.165) is 9.88 Å². The van der Waals surface area contributed by atoms with Gasteiger partial charge < -0.3 is 16.2 Å². The molecule has 0 amide bonds. The Morgan fingerprint density at radius 3 is 2.84 bits per heavy atom. The van der Waals surface area contributed by atoms with Gasteiger partial charge in [-0.3, -0.25) is 0 Å². The monoisotopic (exact) mass is 277 g/mol. The molecule has 1 heterocycles. The molecule has 0 aliphatic heterocycles. The van der Waals surface area contributed by atoms with Crippen molar-refractivity contribution in [2.45, 2.75) is 19.9 Å². The van der Waals surface area contributed by atoms with Crippen LogP contribution in [0.15, 0.2) is 24.4 Å². The Morgan fingerprint density at radius 1 is 1.53 bits per heavy atom. The lowest BCUT2D eigenvalue weighted by atomic mass is 10.1. The summed E-state index contributed by atoms with van der Waals surface area (Å²) in [4.78, 5) is 16.6. The number of carboxylic acids is 1. The van der Waals surface area contributed by atoms with E-state index in [1.54, 1.807) is 29.7 Å². The van der Waals surface area contributed by atoms with E-state index in [2.05, 4.69) is 10.3 Å². The zero-order valence-electron chi connectivity index (χ0n) is 10.7. The third-order valence-electron chi connectivity index (χ3n) is 2.66. The van der Waals surface area contributed by atoms with Gasteiger partial charge in [-0.25, -0.2) is 9.78 Å². The first-order valence-electron chi connectivity index (χ1n) is 5.79. The van der Waals surface area contributed by atoms with Gasteiger partial charge in [0.25, 0.3) is 0 Å². The summed E-state index contributed by atoms with van der Waals surface area (Å²) in [7, 11) is 0. The maximum atomic E-state index is 11.2. The molecular formula is C13H15N3O2S. The number of aryl methyl sites for hydroxylation is 1. The van der Waals surface area contributed by atoms with Gasteiger partial charge in [0.1, 0.15) is 5.01 Å². The molecule has 100 valence electrons. The van der Waals surface area contributed by atoms with Gasteiger partial charge in [0.2, 0.25) is 0 Å². The highest BCUT2D eigenvalue weighted by molar-refractivity contribution is 7.11. The van der Waals surface area contributed by atoms with Crippen LogP contribution in [0.4, 0.5) is 11.4 Å². The first-order chi connectivity index (χ1) is 8.97. The third-order valence-corrected chi connectivity index (χ3v) is 3.75. The number of anilines is 2. The van der Waals surface area contributed by atoms with Gasteiger partial charge in [-0.2, -0.15) is 0 Å². The number of nitrogen functional groups attached to an aromatic ring is 1. The van der Waals surface area contributed by atoms with Gasteiger partial charge in [0.15, 0.2) is 0 Å². The van der Waals surface area contributed by atoms with Crippen molar-refractivity contribution in [3.8, 4) is 0 Å². The van der Waals surface area contributed by atoms with Gasteiger partial charge in [-0.05, 0) is 32.0 Å². The number of benzene rings is 1. The van der Waals surface area contributed by atoms with Crippen LogP contribution in [0.25, 0.3) is 0 Å². The molecule has 6 heteroatoms. The fourth-order valence-corrected chi connectivity index (χ4v) is 2.51. The standard InChI is InChI=1S/C13H15N3O2S/c1-7-6-15-12(19-7)8(2)16-11-5-9(14)3-4-10(11)13(17)18/h3-6,8,16H,14H2,1-2H3,(H,17,18). The van der Waals surface area contributed by atoms with Gasteiger partial charge in [-0.15, -0.1) is 11.3 Å². The predicted octanol–water partition coefficient (Wildman–Crippen LogP) is 2.91. The summed E-state index contributed by atoms with van der Waals surface area (Å²) in [6.45, 7) is 3.92. The van der Waals surface area contributed by atoms with Crippen LogP contribution in [0.2, 0.25) is 0 Å². The largest absolute Gasteiger partial charge is 0.478 e. The van der Waals surface area contributed by atoms with Crippen molar-refractivity contribution in [1.82, 2.24) is 4.98 Å². The average molecular weight is 277 g/mol. The number of nitrogens with one attached hydrogen (secondary N) is 1. The molecule has 0 saturated heterocycles. The van der Waals surface area contributed by atoms with E-state index in [1.165, 1.54) is 6.07 Å². The molecule has 0 saturated carbocycles. The molecule has 1 aromatic carbocycles. The summed E-state index contributed by atoms with van der Waals surface area (Å²) >= 11 is 1.58. The van der Waals surface area contributed by atoms with Gasteiger partial charge in [0, 0.05) is 16.8 Å². The molecule has 0 aliphatic rings. The van der Waals surface area contributed by atoms with Crippen LogP contribution in [0.1, 0.15) is 33.2 Å². The molecule has 0 spiro atoms. The van der Waals surface area contributed by atoms with Crippen molar-refractivity contribution in [2.24, 2.45) is 0 Å². The summed E-state index contributed by atoms with van der Waals surface area (Å²) in [5, 5.41) is 13.2. The van der Waals surface area contributed by atoms with E-state index >= 15 is 0 Å². The maximum absolute atomic E-state index is 11.2. The number of rotatable bonds is 4. The summed E-state index contributed by atoms with van der Waals surface area (Å²) in [6.07, 6.45) is 1.80. The highest BCUT2D eigenvalue weighted by Gasteiger charge is 2.15. The fourth-order valence-electron chi connectivity index (χ4n) is 1.74. The van der Waals surface area contributed by atoms with E-state index in [0.29, 0.717) is 11.4 Å². The van der Waals surface area contributed by atoms with Crippen molar-refractivity contribution in [1.29, 1.82) is 0 Å². The Kier molecular flexibility index (Phi) is 3.71. The lowest BCUT2D eigenvalue weighted by molar-refractivity contribution is 0.0698. The molecule has 0 aliphatic carbocycles. The Labute approximate surface area is 115 Å². The van der Waals surface area contributed by atoms with Crippen molar-refractivity contribution >= 4 is 28.7 Å². The minimum atomic E-state index is -0.981. The Hall–Kier alpha value is -2.08. The highest BCUT2D eigenvalue weighted by Crippen LogP contribution is 2.26. The molecule has 0 fully saturated rings. The topological polar surface area (TPSA) is 88.2 Å². The van der Waals surface area contributed by atoms with Crippen LogP contribution in [0, 0.1) is 6.92 Å². The second kappa shape index (κ2) is 5.27. The molecule has 1 aromatic heterocycles. The molecule has 0 radical (unpaired) electrons. The normalized spacial score (nSPS) is 12.1. The summed E-state index contributed by atoms with van der Waals surface area (Å²) in [6, 6.07) is 4.63. The number of hydrogen-bond acceptors (Lipinski definition) is 5. The smallest absolute Gasteiger partial charge is 0.337 e. The van der Waals surface area contributed by atoms with E-state index in [4.69, 9.17) is 10.8 Å². The predicted molar refractivity (Wildman–Crippen MR) is 76.7 cm³/mol. The lowest BCUT2D eigenvalue weighted by Crippen LogP contribution is -2.11. The third kappa shape index (κ3) is 3.03. The molecule has 19 heavy (non-hydrogen) atoms. The number of nitrogens with two attached hydrogens (primary N) is 1. The van der Waals surface area contributed by atoms with Crippen LogP contribution in [0.5, 0.6) is 0 Å². The van der Waals surface area contributed by atoms with Crippen molar-refractivity contribution in [3.63, 3.8) is 0 Å². The minimum absolute atomic E-state index is 0.0707. The van der Waals surface area contributed by atoms with Crippen LogP contribution >= 0.6 is 11.3 Å². The summed E-state index contributed by atoms with van der Waals surface area (Å²) in [5.74, 6) is -0.981. The van der Waals surface area contributed by atoms with Crippen LogP contribution in [-0.4, -0.2) is 16.1 Å². The van der Waals surface area contributed by atoms with E-state index in [1.807, 2.05) is 13.8 Å². The Balaban J connectivity index is 2.27. The fraction of sp³-hybridized carbons (Fsp3) is 0.231. The molecule has 2 rings (SSSR count). The molecule has 5 nitrogen and oxygen atoms in total. The molecule has 1 atom stereocenters. The van der Waals surface area contributed by atoms with E-state index in [9.17, 15) is 4.79 Å². The SMILES string of the molecule is Cc1cnc(C(C)Nc2cc(N)ccc2C(=O)O)s1. The van der Waals surface area contributed by atoms with Crippen molar-refractivity contribution in [3.05, 3.63) is 39.8 Å². The number of hydrogen-bond donors (Lipinski definition) is 3. The average Bonchev–Trinajstić information content (AvgIpc) is 2.75.